The second kappa shape index (κ2) is 7.56. The van der Waals surface area contributed by atoms with Gasteiger partial charge in [0.1, 0.15) is 10.6 Å². The van der Waals surface area contributed by atoms with Gasteiger partial charge >= 0.3 is 0 Å². The molecule has 0 atom stereocenters. The molecule has 0 amide bonds. The Morgan fingerprint density at radius 1 is 1.08 bits per heavy atom. The Labute approximate surface area is 153 Å². The molecule has 3 aromatic rings. The highest BCUT2D eigenvalue weighted by atomic mass is 32.2. The van der Waals surface area contributed by atoms with E-state index < -0.39 is 10.0 Å². The molecule has 6 heteroatoms. The third-order valence-electron chi connectivity index (χ3n) is 3.79. The number of pyridine rings is 1. The number of methoxy groups -OCH3 is 1. The first-order valence-corrected chi connectivity index (χ1v) is 9.47. The monoisotopic (exact) mass is 366 g/mol. The van der Waals surface area contributed by atoms with Crippen molar-refractivity contribution in [1.29, 1.82) is 0 Å². The first kappa shape index (κ1) is 17.9. The van der Waals surface area contributed by atoms with Crippen LogP contribution >= 0.6 is 0 Å². The van der Waals surface area contributed by atoms with Gasteiger partial charge in [-0.3, -0.25) is 4.98 Å². The summed E-state index contributed by atoms with van der Waals surface area (Å²) < 4.78 is 32.8. The molecule has 0 bridgehead atoms. The first-order chi connectivity index (χ1) is 12.5. The fourth-order valence-corrected chi connectivity index (χ4v) is 3.56. The van der Waals surface area contributed by atoms with Gasteiger partial charge < -0.3 is 4.74 Å². The van der Waals surface area contributed by atoms with Gasteiger partial charge in [-0.2, -0.15) is 4.72 Å². The summed E-state index contributed by atoms with van der Waals surface area (Å²) in [6.45, 7) is 1.84. The van der Waals surface area contributed by atoms with Crippen LogP contribution in [-0.2, 0) is 10.0 Å². The Hall–Kier alpha value is -2.88. The first-order valence-electron chi connectivity index (χ1n) is 7.98. The van der Waals surface area contributed by atoms with Crippen LogP contribution < -0.4 is 9.46 Å². The van der Waals surface area contributed by atoms with E-state index in [0.717, 1.165) is 22.4 Å². The van der Waals surface area contributed by atoms with Crippen LogP contribution in [-0.4, -0.2) is 27.1 Å². The minimum absolute atomic E-state index is 0.0105. The molecule has 1 aromatic heterocycles. The molecule has 0 aliphatic carbocycles. The van der Waals surface area contributed by atoms with E-state index in [1.165, 1.54) is 0 Å². The van der Waals surface area contributed by atoms with Crippen LogP contribution in [0.1, 0.15) is 11.3 Å². The number of nitrogens with zero attached hydrogens (tertiary/aromatic N) is 1. The maximum Gasteiger partial charge on any atom is 0.243 e. The Morgan fingerprint density at radius 2 is 1.85 bits per heavy atom. The second-order valence-corrected chi connectivity index (χ2v) is 7.37. The van der Waals surface area contributed by atoms with Crippen LogP contribution in [0.25, 0.3) is 10.9 Å². The van der Waals surface area contributed by atoms with E-state index in [0.29, 0.717) is 5.52 Å². The van der Waals surface area contributed by atoms with Gasteiger partial charge in [0.25, 0.3) is 0 Å². The standard InChI is InChI=1S/C20H18N2O3S/c1-15-8-11-17-6-3-7-19(20(17)22-15)26(23,24)21-14-4-5-16-9-12-18(25-2)13-10-16/h3,6-13,21H,14H2,1-2H3. The number of para-hydroxylation sites is 1. The molecule has 0 aliphatic rings. The molecule has 2 aromatic carbocycles. The summed E-state index contributed by atoms with van der Waals surface area (Å²) >= 11 is 0. The highest BCUT2D eigenvalue weighted by Crippen LogP contribution is 2.21. The third-order valence-corrected chi connectivity index (χ3v) is 5.22. The van der Waals surface area contributed by atoms with Gasteiger partial charge in [-0.25, -0.2) is 8.42 Å². The molecule has 0 radical (unpaired) electrons. The maximum atomic E-state index is 12.6. The molecule has 0 spiro atoms. The van der Waals surface area contributed by atoms with Crippen molar-refractivity contribution in [2.75, 3.05) is 13.7 Å². The molecule has 26 heavy (non-hydrogen) atoms. The Morgan fingerprint density at radius 3 is 2.58 bits per heavy atom. The highest BCUT2D eigenvalue weighted by molar-refractivity contribution is 7.89. The predicted molar refractivity (Wildman–Crippen MR) is 102 cm³/mol. The zero-order valence-electron chi connectivity index (χ0n) is 14.5. The number of benzene rings is 2. The lowest BCUT2D eigenvalue weighted by Gasteiger charge is -2.07. The van der Waals surface area contributed by atoms with Gasteiger partial charge in [-0.15, -0.1) is 0 Å². The van der Waals surface area contributed by atoms with Crippen LogP contribution in [0.15, 0.2) is 59.5 Å². The Bertz CT molecular complexity index is 1100. The van der Waals surface area contributed by atoms with E-state index in [1.807, 2.05) is 37.3 Å². The lowest BCUT2D eigenvalue weighted by molar-refractivity contribution is 0.415. The zero-order chi connectivity index (χ0) is 18.6. The van der Waals surface area contributed by atoms with E-state index in [-0.39, 0.29) is 11.4 Å². The van der Waals surface area contributed by atoms with Crippen LogP contribution in [0.5, 0.6) is 5.75 Å². The fourth-order valence-electron chi connectivity index (χ4n) is 2.46. The number of fused-ring (bicyclic) bond motifs is 1. The SMILES string of the molecule is COc1ccc(C#CCNS(=O)(=O)c2cccc3ccc(C)nc23)cc1. The lowest BCUT2D eigenvalue weighted by atomic mass is 10.2. The molecule has 0 saturated carbocycles. The second-order valence-electron chi connectivity index (χ2n) is 5.64. The Balaban J connectivity index is 1.78. The van der Waals surface area contributed by atoms with Crippen LogP contribution in [0.4, 0.5) is 0 Å². The van der Waals surface area contributed by atoms with E-state index in [2.05, 4.69) is 21.5 Å². The van der Waals surface area contributed by atoms with Crippen molar-refractivity contribution in [2.24, 2.45) is 0 Å². The average molecular weight is 366 g/mol. The number of ether oxygens (including phenoxy) is 1. The number of sulfonamides is 1. The zero-order valence-corrected chi connectivity index (χ0v) is 15.3. The van der Waals surface area contributed by atoms with Crippen LogP contribution in [0.2, 0.25) is 0 Å². The van der Waals surface area contributed by atoms with Gasteiger partial charge in [0, 0.05) is 16.6 Å². The number of rotatable bonds is 4. The van der Waals surface area contributed by atoms with Gasteiger partial charge in [0.2, 0.25) is 10.0 Å². The van der Waals surface area contributed by atoms with Gasteiger partial charge in [-0.1, -0.05) is 30.0 Å². The van der Waals surface area contributed by atoms with E-state index in [4.69, 9.17) is 4.74 Å². The number of nitrogens with one attached hydrogen (secondary N) is 1. The van der Waals surface area contributed by atoms with E-state index >= 15 is 0 Å². The van der Waals surface area contributed by atoms with Gasteiger partial charge in [0.15, 0.2) is 0 Å². The molecule has 5 nitrogen and oxygen atoms in total. The molecule has 0 fully saturated rings. The quantitative estimate of drug-likeness (QED) is 0.721. The molecule has 1 N–H and O–H groups in total. The minimum atomic E-state index is -3.70. The lowest BCUT2D eigenvalue weighted by Crippen LogP contribution is -2.24. The van der Waals surface area contributed by atoms with Crippen molar-refractivity contribution in [2.45, 2.75) is 11.8 Å². The largest absolute Gasteiger partial charge is 0.497 e. The molecule has 0 saturated heterocycles. The van der Waals surface area contributed by atoms with Crippen molar-refractivity contribution in [3.05, 3.63) is 65.9 Å². The smallest absolute Gasteiger partial charge is 0.243 e. The van der Waals surface area contributed by atoms with Crippen molar-refractivity contribution >= 4 is 20.9 Å². The Kier molecular flexibility index (Phi) is 5.21. The maximum absolute atomic E-state index is 12.6. The van der Waals surface area contributed by atoms with Gasteiger partial charge in [0.05, 0.1) is 19.2 Å². The summed E-state index contributed by atoms with van der Waals surface area (Å²) in [4.78, 5) is 4.52. The van der Waals surface area contributed by atoms with Crippen LogP contribution in [0.3, 0.4) is 0 Å². The summed E-state index contributed by atoms with van der Waals surface area (Å²) in [5, 5.41) is 0.780. The summed E-state index contributed by atoms with van der Waals surface area (Å²) in [6.07, 6.45) is 0. The molecule has 1 heterocycles. The van der Waals surface area contributed by atoms with Crippen molar-refractivity contribution in [3.63, 3.8) is 0 Å². The number of hydrogen-bond acceptors (Lipinski definition) is 4. The molecular formula is C20H18N2O3S. The summed E-state index contributed by atoms with van der Waals surface area (Å²) in [5.41, 5.74) is 2.01. The number of aromatic nitrogens is 1. The van der Waals surface area contributed by atoms with E-state index in [9.17, 15) is 8.42 Å². The molecule has 0 aliphatic heterocycles. The van der Waals surface area contributed by atoms with E-state index in [1.54, 1.807) is 31.4 Å². The number of hydrogen-bond donors (Lipinski definition) is 1. The summed E-state index contributed by atoms with van der Waals surface area (Å²) in [7, 11) is -2.11. The van der Waals surface area contributed by atoms with Crippen molar-refractivity contribution < 1.29 is 13.2 Å². The van der Waals surface area contributed by atoms with Gasteiger partial charge in [-0.05, 0) is 43.3 Å². The number of aryl methyl sites for hydroxylation is 1. The predicted octanol–water partition coefficient (Wildman–Crippen LogP) is 2.88. The summed E-state index contributed by atoms with van der Waals surface area (Å²) in [6, 6.07) is 16.0. The molecule has 0 unspecified atom stereocenters. The summed E-state index contributed by atoms with van der Waals surface area (Å²) in [5.74, 6) is 6.49. The topological polar surface area (TPSA) is 68.3 Å². The third kappa shape index (κ3) is 4.02. The molecular weight excluding hydrogens is 348 g/mol. The van der Waals surface area contributed by atoms with Crippen molar-refractivity contribution in [3.8, 4) is 17.6 Å². The average Bonchev–Trinajstić information content (AvgIpc) is 2.65. The fraction of sp³-hybridized carbons (Fsp3) is 0.150. The minimum Gasteiger partial charge on any atom is -0.497 e. The highest BCUT2D eigenvalue weighted by Gasteiger charge is 2.17. The van der Waals surface area contributed by atoms with Crippen LogP contribution in [0, 0.1) is 18.8 Å². The molecule has 132 valence electrons. The molecule has 3 rings (SSSR count). The normalized spacial score (nSPS) is 11.0. The van der Waals surface area contributed by atoms with Crippen molar-refractivity contribution in [1.82, 2.24) is 9.71 Å².